The van der Waals surface area contributed by atoms with Crippen LogP contribution in [-0.2, 0) is 22.4 Å². The van der Waals surface area contributed by atoms with Gasteiger partial charge in [-0.2, -0.15) is 0 Å². The van der Waals surface area contributed by atoms with Crippen LogP contribution in [0.4, 0.5) is 10.6 Å². The van der Waals surface area contributed by atoms with Crippen LogP contribution in [0.25, 0.3) is 0 Å². The Hall–Kier alpha value is -2.11. The molecule has 0 radical (unpaired) electrons. The summed E-state index contributed by atoms with van der Waals surface area (Å²) < 4.78 is 5.41. The number of nitrogens with zero attached hydrogens (tertiary/aromatic N) is 2. The lowest BCUT2D eigenvalue weighted by molar-refractivity contribution is -0.117. The summed E-state index contributed by atoms with van der Waals surface area (Å²) in [6, 6.07) is 3.68. The van der Waals surface area contributed by atoms with Crippen LogP contribution >= 0.6 is 0 Å². The van der Waals surface area contributed by atoms with Crippen LogP contribution in [0.2, 0.25) is 0 Å². The van der Waals surface area contributed by atoms with Gasteiger partial charge in [-0.15, -0.1) is 0 Å². The topological polar surface area (TPSA) is 85.5 Å². The number of hydrogen-bond donors (Lipinski definition) is 1. The number of ether oxygens (including phenoxy) is 1. The number of rotatable bonds is 2. The van der Waals surface area contributed by atoms with Crippen molar-refractivity contribution in [2.75, 3.05) is 11.4 Å². The van der Waals surface area contributed by atoms with E-state index in [0.29, 0.717) is 18.1 Å². The van der Waals surface area contributed by atoms with Crippen LogP contribution in [0, 0.1) is 0 Å². The molecule has 114 valence electrons. The second-order valence-electron chi connectivity index (χ2n) is 6.16. The zero-order valence-corrected chi connectivity index (χ0v) is 12.7. The number of hydrogen-bond acceptors (Lipinski definition) is 4. The number of carbonyl (C=O) groups is 2. The first-order valence-corrected chi connectivity index (χ1v) is 7.04. The van der Waals surface area contributed by atoms with Crippen molar-refractivity contribution in [1.82, 2.24) is 4.98 Å². The number of fused-ring (bicyclic) bond motifs is 1. The Balaban J connectivity index is 2.28. The van der Waals surface area contributed by atoms with E-state index < -0.39 is 17.6 Å². The van der Waals surface area contributed by atoms with Crippen LogP contribution < -0.4 is 10.6 Å². The standard InChI is InChI=1S/C15H21N3O3/c1-15(2,3)21-14(20)18-8-4-5-10-6-7-11(9-12(16)19)17-13(10)18/h6-7H,4-5,8-9H2,1-3H3,(H2,16,19). The molecule has 0 saturated carbocycles. The lowest BCUT2D eigenvalue weighted by Crippen LogP contribution is -2.40. The summed E-state index contributed by atoms with van der Waals surface area (Å²) in [6.07, 6.45) is 1.38. The Morgan fingerprint density at radius 3 is 2.71 bits per heavy atom. The monoisotopic (exact) mass is 291 g/mol. The van der Waals surface area contributed by atoms with E-state index in [-0.39, 0.29) is 6.42 Å². The van der Waals surface area contributed by atoms with Crippen LogP contribution in [-0.4, -0.2) is 29.1 Å². The van der Waals surface area contributed by atoms with Gasteiger partial charge < -0.3 is 10.5 Å². The van der Waals surface area contributed by atoms with Gasteiger partial charge >= 0.3 is 6.09 Å². The average Bonchev–Trinajstić information content (AvgIpc) is 2.35. The third-order valence-corrected chi connectivity index (χ3v) is 3.07. The van der Waals surface area contributed by atoms with Crippen LogP contribution in [0.15, 0.2) is 12.1 Å². The molecule has 1 aliphatic rings. The summed E-state index contributed by atoms with van der Waals surface area (Å²) in [5, 5.41) is 0. The van der Waals surface area contributed by atoms with Crippen molar-refractivity contribution in [3.8, 4) is 0 Å². The molecule has 0 bridgehead atoms. The molecule has 2 rings (SSSR count). The summed E-state index contributed by atoms with van der Waals surface area (Å²) >= 11 is 0. The molecule has 1 aliphatic heterocycles. The molecular weight excluding hydrogens is 270 g/mol. The van der Waals surface area contributed by atoms with Gasteiger partial charge in [0.15, 0.2) is 0 Å². The van der Waals surface area contributed by atoms with Gasteiger partial charge in [-0.3, -0.25) is 9.69 Å². The fourth-order valence-electron chi connectivity index (χ4n) is 2.25. The minimum Gasteiger partial charge on any atom is -0.443 e. The highest BCUT2D eigenvalue weighted by molar-refractivity contribution is 5.88. The summed E-state index contributed by atoms with van der Waals surface area (Å²) in [4.78, 5) is 29.2. The molecule has 0 spiro atoms. The van der Waals surface area contributed by atoms with Crippen LogP contribution in [0.5, 0.6) is 0 Å². The predicted octanol–water partition coefficient (Wildman–Crippen LogP) is 1.80. The first kappa shape index (κ1) is 15.3. The molecule has 0 fully saturated rings. The van der Waals surface area contributed by atoms with Gasteiger partial charge in [-0.25, -0.2) is 9.78 Å². The van der Waals surface area contributed by atoms with E-state index in [1.165, 1.54) is 4.90 Å². The minimum absolute atomic E-state index is 0.0649. The Morgan fingerprint density at radius 2 is 2.10 bits per heavy atom. The molecule has 6 heteroatoms. The Labute approximate surface area is 124 Å². The zero-order valence-electron chi connectivity index (χ0n) is 12.7. The van der Waals surface area contributed by atoms with E-state index in [2.05, 4.69) is 4.98 Å². The molecule has 2 amide bonds. The number of aromatic nitrogens is 1. The van der Waals surface area contributed by atoms with Crippen molar-refractivity contribution >= 4 is 17.8 Å². The number of aryl methyl sites for hydroxylation is 1. The third-order valence-electron chi connectivity index (χ3n) is 3.07. The van der Waals surface area contributed by atoms with Gasteiger partial charge in [0.2, 0.25) is 5.91 Å². The molecule has 1 aromatic heterocycles. The molecular formula is C15H21N3O3. The van der Waals surface area contributed by atoms with E-state index in [9.17, 15) is 9.59 Å². The second kappa shape index (κ2) is 5.71. The fraction of sp³-hybridized carbons (Fsp3) is 0.533. The minimum atomic E-state index is -0.556. The van der Waals surface area contributed by atoms with E-state index in [1.807, 2.05) is 26.8 Å². The molecule has 0 unspecified atom stereocenters. The summed E-state index contributed by atoms with van der Waals surface area (Å²) in [7, 11) is 0. The first-order valence-electron chi connectivity index (χ1n) is 7.04. The molecule has 21 heavy (non-hydrogen) atoms. The van der Waals surface area contributed by atoms with Crippen molar-refractivity contribution in [3.05, 3.63) is 23.4 Å². The van der Waals surface area contributed by atoms with E-state index >= 15 is 0 Å². The van der Waals surface area contributed by atoms with E-state index in [0.717, 1.165) is 18.4 Å². The SMILES string of the molecule is CC(C)(C)OC(=O)N1CCCc2ccc(CC(N)=O)nc21. The van der Waals surface area contributed by atoms with Crippen molar-refractivity contribution in [1.29, 1.82) is 0 Å². The van der Waals surface area contributed by atoms with Crippen LogP contribution in [0.1, 0.15) is 38.4 Å². The van der Waals surface area contributed by atoms with E-state index in [1.54, 1.807) is 6.07 Å². The third kappa shape index (κ3) is 3.93. The fourth-order valence-corrected chi connectivity index (χ4v) is 2.25. The smallest absolute Gasteiger partial charge is 0.416 e. The molecule has 2 heterocycles. The Morgan fingerprint density at radius 1 is 1.38 bits per heavy atom. The second-order valence-corrected chi connectivity index (χ2v) is 6.16. The van der Waals surface area contributed by atoms with Crippen molar-refractivity contribution in [3.63, 3.8) is 0 Å². The number of primary amides is 1. The number of amides is 2. The van der Waals surface area contributed by atoms with Crippen molar-refractivity contribution < 1.29 is 14.3 Å². The molecule has 0 aliphatic carbocycles. The molecule has 0 saturated heterocycles. The van der Waals surface area contributed by atoms with Crippen LogP contribution in [0.3, 0.4) is 0 Å². The normalized spacial score (nSPS) is 14.5. The molecule has 0 aromatic carbocycles. The Bertz CT molecular complexity index is 564. The van der Waals surface area contributed by atoms with Gasteiger partial charge in [0.05, 0.1) is 12.1 Å². The highest BCUT2D eigenvalue weighted by Crippen LogP contribution is 2.27. The quantitative estimate of drug-likeness (QED) is 0.900. The molecule has 1 aromatic rings. The van der Waals surface area contributed by atoms with Gasteiger partial charge in [-0.05, 0) is 45.2 Å². The lowest BCUT2D eigenvalue weighted by Gasteiger charge is -2.31. The maximum Gasteiger partial charge on any atom is 0.416 e. The number of anilines is 1. The van der Waals surface area contributed by atoms with Gasteiger partial charge in [0.1, 0.15) is 11.4 Å². The predicted molar refractivity (Wildman–Crippen MR) is 79.0 cm³/mol. The highest BCUT2D eigenvalue weighted by Gasteiger charge is 2.28. The van der Waals surface area contributed by atoms with Crippen molar-refractivity contribution in [2.24, 2.45) is 5.73 Å². The first-order chi connectivity index (χ1) is 9.76. The number of nitrogens with two attached hydrogens (primary N) is 1. The summed E-state index contributed by atoms with van der Waals surface area (Å²) in [5.41, 5.74) is 6.19. The van der Waals surface area contributed by atoms with Gasteiger partial charge in [0.25, 0.3) is 0 Å². The zero-order chi connectivity index (χ0) is 15.6. The molecule has 2 N–H and O–H groups in total. The molecule has 0 atom stereocenters. The Kier molecular flexibility index (Phi) is 4.16. The largest absolute Gasteiger partial charge is 0.443 e. The van der Waals surface area contributed by atoms with Gasteiger partial charge in [-0.1, -0.05) is 6.07 Å². The van der Waals surface area contributed by atoms with E-state index in [4.69, 9.17) is 10.5 Å². The highest BCUT2D eigenvalue weighted by atomic mass is 16.6. The molecule has 6 nitrogen and oxygen atoms in total. The maximum atomic E-state index is 12.3. The van der Waals surface area contributed by atoms with Crippen molar-refractivity contribution in [2.45, 2.75) is 45.6 Å². The maximum absolute atomic E-state index is 12.3. The summed E-state index contributed by atoms with van der Waals surface area (Å²) in [5.74, 6) is 0.135. The van der Waals surface area contributed by atoms with Gasteiger partial charge in [0, 0.05) is 6.54 Å². The number of pyridine rings is 1. The summed E-state index contributed by atoms with van der Waals surface area (Å²) in [6.45, 7) is 6.04. The average molecular weight is 291 g/mol. The lowest BCUT2D eigenvalue weighted by atomic mass is 10.0. The number of carbonyl (C=O) groups excluding carboxylic acids is 2.